The molecule has 1 aliphatic rings. The number of halogens is 1. The molecule has 184 valence electrons. The second-order valence-electron chi connectivity index (χ2n) is 10.2. The molecule has 1 heterocycles. The molecule has 0 unspecified atom stereocenters. The van der Waals surface area contributed by atoms with E-state index in [1.807, 2.05) is 30.3 Å². The Morgan fingerprint density at radius 3 is 1.85 bits per heavy atom. The van der Waals surface area contributed by atoms with Crippen molar-refractivity contribution in [2.75, 3.05) is 0 Å². The molecule has 1 nitrogen and oxygen atoms in total. The van der Waals surface area contributed by atoms with Crippen LogP contribution in [0, 0.1) is 0 Å². The standard InChI is InChI=1S/C37H23ClO/c38-28-9-7-8-25(22-28)24-16-18-26(19-17-24)37(33-13-4-1-10-29(33)30-11-2-5-14-34(30)37)27-20-21-36-32(23-27)31-12-3-6-15-35(31)39-36/h1-23H. The topological polar surface area (TPSA) is 13.1 Å². The van der Waals surface area contributed by atoms with Gasteiger partial charge in [-0.15, -0.1) is 0 Å². The molecule has 1 aromatic heterocycles. The van der Waals surface area contributed by atoms with E-state index >= 15 is 0 Å². The van der Waals surface area contributed by atoms with Crippen LogP contribution < -0.4 is 0 Å². The van der Waals surface area contributed by atoms with E-state index in [1.165, 1.54) is 33.4 Å². The molecule has 0 saturated carbocycles. The molecule has 0 aliphatic heterocycles. The molecule has 0 N–H and O–H groups in total. The van der Waals surface area contributed by atoms with Crippen molar-refractivity contribution in [2.24, 2.45) is 0 Å². The van der Waals surface area contributed by atoms with Crippen molar-refractivity contribution in [1.29, 1.82) is 0 Å². The van der Waals surface area contributed by atoms with Crippen LogP contribution in [-0.4, -0.2) is 0 Å². The van der Waals surface area contributed by atoms with Crippen LogP contribution in [0.2, 0.25) is 5.02 Å². The summed E-state index contributed by atoms with van der Waals surface area (Å²) in [6, 6.07) is 49.7. The zero-order valence-electron chi connectivity index (χ0n) is 21.1. The van der Waals surface area contributed by atoms with E-state index < -0.39 is 5.41 Å². The number of hydrogen-bond acceptors (Lipinski definition) is 1. The lowest BCUT2D eigenvalue weighted by atomic mass is 9.67. The smallest absolute Gasteiger partial charge is 0.135 e. The van der Waals surface area contributed by atoms with E-state index in [2.05, 4.69) is 109 Å². The Balaban J connectivity index is 1.44. The van der Waals surface area contributed by atoms with Crippen molar-refractivity contribution in [3.8, 4) is 22.3 Å². The van der Waals surface area contributed by atoms with Gasteiger partial charge in [0.15, 0.2) is 0 Å². The van der Waals surface area contributed by atoms with Gasteiger partial charge in [0.1, 0.15) is 11.2 Å². The van der Waals surface area contributed by atoms with Crippen LogP contribution in [0.3, 0.4) is 0 Å². The summed E-state index contributed by atoms with van der Waals surface area (Å²) in [6.45, 7) is 0. The maximum atomic E-state index is 6.32. The van der Waals surface area contributed by atoms with Gasteiger partial charge in [0.05, 0.1) is 5.41 Å². The van der Waals surface area contributed by atoms with Crippen molar-refractivity contribution in [1.82, 2.24) is 0 Å². The molecular formula is C37H23ClO. The largest absolute Gasteiger partial charge is 0.456 e. The summed E-state index contributed by atoms with van der Waals surface area (Å²) in [7, 11) is 0. The summed E-state index contributed by atoms with van der Waals surface area (Å²) in [4.78, 5) is 0. The molecule has 39 heavy (non-hydrogen) atoms. The van der Waals surface area contributed by atoms with Crippen LogP contribution in [0.15, 0.2) is 144 Å². The summed E-state index contributed by atoms with van der Waals surface area (Å²) in [5, 5.41) is 3.02. The summed E-state index contributed by atoms with van der Waals surface area (Å²) in [6.07, 6.45) is 0. The first-order valence-electron chi connectivity index (χ1n) is 13.2. The third kappa shape index (κ3) is 3.21. The van der Waals surface area contributed by atoms with Gasteiger partial charge in [-0.3, -0.25) is 0 Å². The highest BCUT2D eigenvalue weighted by molar-refractivity contribution is 6.30. The van der Waals surface area contributed by atoms with E-state index in [-0.39, 0.29) is 0 Å². The molecule has 2 heteroatoms. The molecule has 0 saturated heterocycles. The van der Waals surface area contributed by atoms with E-state index in [0.717, 1.165) is 38.1 Å². The Labute approximate surface area is 231 Å². The van der Waals surface area contributed by atoms with Crippen molar-refractivity contribution in [2.45, 2.75) is 5.41 Å². The predicted molar refractivity (Wildman–Crippen MR) is 161 cm³/mol. The van der Waals surface area contributed by atoms with Crippen LogP contribution >= 0.6 is 11.6 Å². The molecular weight excluding hydrogens is 496 g/mol. The summed E-state index contributed by atoms with van der Waals surface area (Å²) >= 11 is 6.32. The average molecular weight is 519 g/mol. The minimum Gasteiger partial charge on any atom is -0.456 e. The lowest BCUT2D eigenvalue weighted by Gasteiger charge is -2.34. The van der Waals surface area contributed by atoms with Gasteiger partial charge in [0.25, 0.3) is 0 Å². The molecule has 0 fully saturated rings. The number of rotatable bonds is 3. The zero-order chi connectivity index (χ0) is 26.0. The third-order valence-corrected chi connectivity index (χ3v) is 8.47. The Kier molecular flexibility index (Phi) is 4.86. The molecule has 7 aromatic rings. The lowest BCUT2D eigenvalue weighted by molar-refractivity contribution is 0.668. The molecule has 6 aromatic carbocycles. The van der Waals surface area contributed by atoms with Gasteiger partial charge in [0.2, 0.25) is 0 Å². The molecule has 0 spiro atoms. The Morgan fingerprint density at radius 1 is 0.462 bits per heavy atom. The van der Waals surface area contributed by atoms with Gasteiger partial charge in [-0.2, -0.15) is 0 Å². The van der Waals surface area contributed by atoms with Crippen molar-refractivity contribution < 1.29 is 4.42 Å². The first-order valence-corrected chi connectivity index (χ1v) is 13.6. The molecule has 0 atom stereocenters. The van der Waals surface area contributed by atoms with Crippen LogP contribution in [0.4, 0.5) is 0 Å². The van der Waals surface area contributed by atoms with Crippen molar-refractivity contribution in [3.05, 3.63) is 167 Å². The van der Waals surface area contributed by atoms with Crippen LogP contribution in [-0.2, 0) is 5.41 Å². The minimum absolute atomic E-state index is 0.466. The second-order valence-corrected chi connectivity index (χ2v) is 10.7. The second kappa shape index (κ2) is 8.46. The zero-order valence-corrected chi connectivity index (χ0v) is 21.8. The Hall–Kier alpha value is -4.59. The molecule has 8 rings (SSSR count). The van der Waals surface area contributed by atoms with E-state index in [9.17, 15) is 0 Å². The van der Waals surface area contributed by atoms with Gasteiger partial charge < -0.3 is 4.42 Å². The minimum atomic E-state index is -0.466. The van der Waals surface area contributed by atoms with Crippen molar-refractivity contribution in [3.63, 3.8) is 0 Å². The Bertz CT molecular complexity index is 1980. The normalized spacial score (nSPS) is 13.5. The van der Waals surface area contributed by atoms with Crippen LogP contribution in [0.25, 0.3) is 44.2 Å². The highest BCUT2D eigenvalue weighted by Crippen LogP contribution is 2.56. The van der Waals surface area contributed by atoms with Gasteiger partial charge in [0, 0.05) is 15.8 Å². The van der Waals surface area contributed by atoms with Crippen LogP contribution in [0.1, 0.15) is 22.3 Å². The van der Waals surface area contributed by atoms with Crippen molar-refractivity contribution >= 4 is 33.5 Å². The van der Waals surface area contributed by atoms with Gasteiger partial charge in [-0.25, -0.2) is 0 Å². The number of fused-ring (bicyclic) bond motifs is 6. The lowest BCUT2D eigenvalue weighted by Crippen LogP contribution is -2.28. The van der Waals surface area contributed by atoms with E-state index in [1.54, 1.807) is 0 Å². The fourth-order valence-corrected chi connectivity index (χ4v) is 6.75. The summed E-state index contributed by atoms with van der Waals surface area (Å²) < 4.78 is 6.21. The van der Waals surface area contributed by atoms with E-state index in [0.29, 0.717) is 0 Å². The fraction of sp³-hybridized carbons (Fsp3) is 0.0270. The quantitative estimate of drug-likeness (QED) is 0.227. The average Bonchev–Trinajstić information content (AvgIpc) is 3.51. The first-order chi connectivity index (χ1) is 19.2. The maximum Gasteiger partial charge on any atom is 0.135 e. The summed E-state index contributed by atoms with van der Waals surface area (Å²) in [5.41, 5.74) is 11.2. The Morgan fingerprint density at radius 2 is 1.10 bits per heavy atom. The van der Waals surface area contributed by atoms with Gasteiger partial charge in [-0.05, 0) is 74.8 Å². The highest BCUT2D eigenvalue weighted by Gasteiger charge is 2.46. The predicted octanol–water partition coefficient (Wildman–Crippen LogP) is 10.3. The number of furan rings is 1. The van der Waals surface area contributed by atoms with Crippen LogP contribution in [0.5, 0.6) is 0 Å². The van der Waals surface area contributed by atoms with E-state index in [4.69, 9.17) is 16.0 Å². The highest BCUT2D eigenvalue weighted by atomic mass is 35.5. The number of hydrogen-bond donors (Lipinski definition) is 0. The SMILES string of the molecule is Clc1cccc(-c2ccc(C3(c4ccc5oc6ccccc6c5c4)c4ccccc4-c4ccccc43)cc2)c1. The molecule has 1 aliphatic carbocycles. The third-order valence-electron chi connectivity index (χ3n) is 8.24. The molecule has 0 radical (unpaired) electrons. The monoisotopic (exact) mass is 518 g/mol. The number of para-hydroxylation sites is 1. The summed E-state index contributed by atoms with van der Waals surface area (Å²) in [5.74, 6) is 0. The first kappa shape index (κ1) is 22.4. The molecule has 0 bridgehead atoms. The maximum absolute atomic E-state index is 6.32. The number of benzene rings is 6. The molecule has 0 amide bonds. The van der Waals surface area contributed by atoms with Gasteiger partial charge >= 0.3 is 0 Å². The fourth-order valence-electron chi connectivity index (χ4n) is 6.56. The van der Waals surface area contributed by atoms with Gasteiger partial charge in [-0.1, -0.05) is 121 Å².